The molecule has 0 unspecified atom stereocenters. The second-order valence-electron chi connectivity index (χ2n) is 6.82. The van der Waals surface area contributed by atoms with Crippen molar-refractivity contribution in [2.45, 2.75) is 25.6 Å². The normalized spacial score (nSPS) is 20.2. The van der Waals surface area contributed by atoms with Crippen LogP contribution in [0.2, 0.25) is 0 Å². The summed E-state index contributed by atoms with van der Waals surface area (Å²) >= 11 is 1.33. The second kappa shape index (κ2) is 9.45. The standard InChI is InChI=1S/C20H25F2N5S/c1-13(28-14(2)23)15-3-4-16-11-25-20(10-17(16)9-15)26-27-8-5-19(18(22)12-27)24-7-6-21/h3-4,9-11,18-19,23-24H,1,5-8,12H2,2H3,(H,25,26)/t18-,19-/m0/s1. The maximum Gasteiger partial charge on any atom is 0.140 e. The zero-order chi connectivity index (χ0) is 20.1. The van der Waals surface area contributed by atoms with Gasteiger partial charge in [-0.3, -0.25) is 5.41 Å². The maximum atomic E-state index is 14.3. The third-order valence-corrected chi connectivity index (χ3v) is 5.42. The van der Waals surface area contributed by atoms with E-state index in [1.165, 1.54) is 11.8 Å². The molecule has 0 amide bonds. The van der Waals surface area contributed by atoms with Gasteiger partial charge in [-0.15, -0.1) is 0 Å². The number of anilines is 1. The van der Waals surface area contributed by atoms with Gasteiger partial charge in [0.05, 0.1) is 11.6 Å². The quantitative estimate of drug-likeness (QED) is 0.475. The molecular formula is C20H25F2N5S. The summed E-state index contributed by atoms with van der Waals surface area (Å²) in [4.78, 5) is 5.24. The molecule has 0 radical (unpaired) electrons. The van der Waals surface area contributed by atoms with E-state index in [2.05, 4.69) is 22.3 Å². The van der Waals surface area contributed by atoms with Gasteiger partial charge in [0, 0.05) is 35.6 Å². The molecule has 0 saturated carbocycles. The molecule has 1 aromatic heterocycles. The van der Waals surface area contributed by atoms with Crippen molar-refractivity contribution in [1.82, 2.24) is 15.3 Å². The van der Waals surface area contributed by atoms with Crippen molar-refractivity contribution in [2.24, 2.45) is 0 Å². The molecule has 1 saturated heterocycles. The Bertz CT molecular complexity index is 860. The van der Waals surface area contributed by atoms with Gasteiger partial charge in [0.2, 0.25) is 0 Å². The molecule has 2 atom stereocenters. The highest BCUT2D eigenvalue weighted by molar-refractivity contribution is 8.21. The molecule has 1 fully saturated rings. The van der Waals surface area contributed by atoms with Gasteiger partial charge in [0.1, 0.15) is 18.7 Å². The van der Waals surface area contributed by atoms with Crippen LogP contribution in [-0.4, -0.2) is 53.6 Å². The summed E-state index contributed by atoms with van der Waals surface area (Å²) in [6.45, 7) is 6.34. The highest BCUT2D eigenvalue weighted by Gasteiger charge is 2.28. The Morgan fingerprint density at radius 2 is 2.21 bits per heavy atom. The van der Waals surface area contributed by atoms with Crippen LogP contribution in [0.5, 0.6) is 0 Å². The zero-order valence-corrected chi connectivity index (χ0v) is 16.7. The van der Waals surface area contributed by atoms with Gasteiger partial charge >= 0.3 is 0 Å². The first-order chi connectivity index (χ1) is 13.5. The number of hydrogen-bond acceptors (Lipinski definition) is 6. The van der Waals surface area contributed by atoms with E-state index in [1.54, 1.807) is 13.1 Å². The Morgan fingerprint density at radius 1 is 1.39 bits per heavy atom. The Hall–Kier alpha value is -2.03. The zero-order valence-electron chi connectivity index (χ0n) is 15.8. The largest absolute Gasteiger partial charge is 0.308 e. The molecule has 1 aliphatic heterocycles. The van der Waals surface area contributed by atoms with E-state index < -0.39 is 12.8 Å². The number of alkyl halides is 2. The SMILES string of the molecule is C=C(SC(C)=N)c1ccc2cnc(NN3CC[C@H](NCCF)[C@@H](F)C3)cc2c1. The molecule has 2 aromatic rings. The topological polar surface area (TPSA) is 64.0 Å². The van der Waals surface area contributed by atoms with E-state index in [0.29, 0.717) is 23.8 Å². The van der Waals surface area contributed by atoms with Gasteiger partial charge in [0.15, 0.2) is 0 Å². The first-order valence-electron chi connectivity index (χ1n) is 9.23. The van der Waals surface area contributed by atoms with Crippen molar-refractivity contribution in [3.05, 3.63) is 42.6 Å². The monoisotopic (exact) mass is 405 g/mol. The molecule has 3 N–H and O–H groups in total. The number of hydrogen-bond donors (Lipinski definition) is 3. The molecular weight excluding hydrogens is 380 g/mol. The molecule has 5 nitrogen and oxygen atoms in total. The fourth-order valence-electron chi connectivity index (χ4n) is 3.26. The molecule has 3 rings (SSSR count). The highest BCUT2D eigenvalue weighted by atomic mass is 32.2. The fraction of sp³-hybridized carbons (Fsp3) is 0.400. The summed E-state index contributed by atoms with van der Waals surface area (Å²) in [5.41, 5.74) is 4.14. The Balaban J connectivity index is 1.68. The highest BCUT2D eigenvalue weighted by Crippen LogP contribution is 2.29. The number of halogens is 2. The summed E-state index contributed by atoms with van der Waals surface area (Å²) in [6.07, 6.45) is 1.32. The van der Waals surface area contributed by atoms with Gasteiger partial charge in [-0.1, -0.05) is 30.5 Å². The lowest BCUT2D eigenvalue weighted by Crippen LogP contribution is -2.52. The molecule has 28 heavy (non-hydrogen) atoms. The first kappa shape index (κ1) is 20.7. The predicted molar refractivity (Wildman–Crippen MR) is 114 cm³/mol. The minimum Gasteiger partial charge on any atom is -0.308 e. The van der Waals surface area contributed by atoms with Gasteiger partial charge in [-0.05, 0) is 36.4 Å². The van der Waals surface area contributed by atoms with Crippen LogP contribution in [0.15, 0.2) is 37.0 Å². The lowest BCUT2D eigenvalue weighted by molar-refractivity contribution is 0.120. The van der Waals surface area contributed by atoms with E-state index >= 15 is 0 Å². The van der Waals surface area contributed by atoms with Crippen LogP contribution >= 0.6 is 11.8 Å². The number of thioether (sulfide) groups is 1. The number of hydrazine groups is 1. The lowest BCUT2D eigenvalue weighted by atomic mass is 10.0. The van der Waals surface area contributed by atoms with Crippen molar-refractivity contribution in [3.63, 3.8) is 0 Å². The third kappa shape index (κ3) is 5.27. The molecule has 1 aliphatic rings. The fourth-order valence-corrected chi connectivity index (χ4v) is 3.87. The first-order valence-corrected chi connectivity index (χ1v) is 10.0. The van der Waals surface area contributed by atoms with Crippen molar-refractivity contribution < 1.29 is 8.78 Å². The number of piperidine rings is 1. The summed E-state index contributed by atoms with van der Waals surface area (Å²) in [6, 6.07) is 7.59. The van der Waals surface area contributed by atoms with E-state index in [4.69, 9.17) is 5.41 Å². The van der Waals surface area contributed by atoms with E-state index in [0.717, 1.165) is 21.2 Å². The van der Waals surface area contributed by atoms with Crippen LogP contribution in [0.25, 0.3) is 15.7 Å². The smallest absolute Gasteiger partial charge is 0.140 e. The van der Waals surface area contributed by atoms with Crippen LogP contribution in [0.4, 0.5) is 14.6 Å². The van der Waals surface area contributed by atoms with Crippen molar-refractivity contribution in [3.8, 4) is 0 Å². The van der Waals surface area contributed by atoms with E-state index in [9.17, 15) is 8.78 Å². The van der Waals surface area contributed by atoms with Crippen LogP contribution in [0, 0.1) is 5.41 Å². The van der Waals surface area contributed by atoms with Gasteiger partial charge < -0.3 is 10.7 Å². The Kier molecular flexibility index (Phi) is 6.98. The van der Waals surface area contributed by atoms with Crippen molar-refractivity contribution in [1.29, 1.82) is 5.41 Å². The summed E-state index contributed by atoms with van der Waals surface area (Å²) in [5, 5.41) is 14.8. The number of rotatable bonds is 7. The number of pyridine rings is 1. The molecule has 0 aliphatic carbocycles. The minimum atomic E-state index is -1.07. The molecule has 2 heterocycles. The average Bonchev–Trinajstić information content (AvgIpc) is 2.66. The summed E-state index contributed by atoms with van der Waals surface area (Å²) in [5.74, 6) is 0.647. The van der Waals surface area contributed by atoms with Gasteiger partial charge in [-0.25, -0.2) is 18.8 Å². The van der Waals surface area contributed by atoms with Crippen molar-refractivity contribution in [2.75, 3.05) is 31.7 Å². The minimum absolute atomic E-state index is 0.189. The van der Waals surface area contributed by atoms with Crippen molar-refractivity contribution >= 4 is 38.3 Å². The number of aromatic nitrogens is 1. The predicted octanol–water partition coefficient (Wildman–Crippen LogP) is 4.23. The van der Waals surface area contributed by atoms with Gasteiger partial charge in [0.25, 0.3) is 0 Å². The van der Waals surface area contributed by atoms with Crippen LogP contribution in [-0.2, 0) is 0 Å². The molecule has 0 spiro atoms. The molecule has 8 heteroatoms. The number of nitrogens with zero attached hydrogens (tertiary/aromatic N) is 2. The second-order valence-corrected chi connectivity index (χ2v) is 8.13. The van der Waals surface area contributed by atoms with Gasteiger partial charge in [-0.2, -0.15) is 0 Å². The number of benzene rings is 1. The lowest BCUT2D eigenvalue weighted by Gasteiger charge is -2.35. The van der Waals surface area contributed by atoms with E-state index in [-0.39, 0.29) is 19.1 Å². The average molecular weight is 406 g/mol. The Morgan fingerprint density at radius 3 is 2.93 bits per heavy atom. The van der Waals surface area contributed by atoms with Crippen LogP contribution in [0.1, 0.15) is 18.9 Å². The third-order valence-electron chi connectivity index (χ3n) is 4.64. The summed E-state index contributed by atoms with van der Waals surface area (Å²) < 4.78 is 26.6. The van der Waals surface area contributed by atoms with E-state index in [1.807, 2.05) is 29.3 Å². The molecule has 1 aromatic carbocycles. The number of fused-ring (bicyclic) bond motifs is 1. The van der Waals surface area contributed by atoms with Crippen LogP contribution < -0.4 is 10.7 Å². The maximum absolute atomic E-state index is 14.3. The van der Waals surface area contributed by atoms with Crippen LogP contribution in [0.3, 0.4) is 0 Å². The number of nitrogens with one attached hydrogen (secondary N) is 3. The Labute approximate surface area is 168 Å². The molecule has 150 valence electrons. The molecule has 0 bridgehead atoms. The summed E-state index contributed by atoms with van der Waals surface area (Å²) in [7, 11) is 0.